The fourth-order valence-electron chi connectivity index (χ4n) is 1.41. The quantitative estimate of drug-likeness (QED) is 0.585. The molecule has 0 aromatic heterocycles. The minimum Gasteiger partial charge on any atom is -0.392 e. The number of carbonyl (C=O) groups excluding carboxylic acids is 2. The van der Waals surface area contributed by atoms with Crippen LogP contribution in [0.25, 0.3) is 0 Å². The topological polar surface area (TPSA) is 60.9 Å². The molecule has 1 saturated heterocycles. The van der Waals surface area contributed by atoms with E-state index < -0.39 is 6.10 Å². The van der Waals surface area contributed by atoms with E-state index in [4.69, 9.17) is 5.11 Å². The van der Waals surface area contributed by atoms with E-state index in [1.54, 1.807) is 18.9 Å². The highest BCUT2D eigenvalue weighted by molar-refractivity contribution is 5.97. The molecule has 1 fully saturated rings. The van der Waals surface area contributed by atoms with Crippen LogP contribution in [0, 0.1) is 0 Å². The summed E-state index contributed by atoms with van der Waals surface area (Å²) in [5.74, 6) is -0.344. The van der Waals surface area contributed by atoms with Crippen molar-refractivity contribution >= 4 is 11.8 Å². The first kappa shape index (κ1) is 11.0. The molecule has 14 heavy (non-hydrogen) atoms. The predicted octanol–water partition coefficient (Wildman–Crippen LogP) is -0.942. The summed E-state index contributed by atoms with van der Waals surface area (Å²) in [5.41, 5.74) is 0. The van der Waals surface area contributed by atoms with Crippen LogP contribution in [0.5, 0.6) is 0 Å². The Morgan fingerprint density at radius 1 is 1.36 bits per heavy atom. The van der Waals surface area contributed by atoms with Crippen LogP contribution < -0.4 is 0 Å². The lowest BCUT2D eigenvalue weighted by molar-refractivity contribution is -0.137. The van der Waals surface area contributed by atoms with Crippen molar-refractivity contribution in [2.75, 3.05) is 26.7 Å². The van der Waals surface area contributed by atoms with Crippen LogP contribution in [-0.2, 0) is 9.59 Å². The third-order valence-corrected chi connectivity index (χ3v) is 2.27. The number of likely N-dealkylation sites (N-methyl/N-ethyl adjacent to an activating group) is 1. The minimum absolute atomic E-state index is 0.0801. The molecule has 2 amide bonds. The summed E-state index contributed by atoms with van der Waals surface area (Å²) >= 11 is 0. The first-order valence-corrected chi connectivity index (χ1v) is 4.70. The first-order valence-electron chi connectivity index (χ1n) is 4.70. The molecule has 0 saturated carbocycles. The molecule has 0 aromatic carbocycles. The molecule has 0 bridgehead atoms. The fourth-order valence-corrected chi connectivity index (χ4v) is 1.41. The molecule has 80 valence electrons. The second-order valence-corrected chi connectivity index (χ2v) is 3.68. The summed E-state index contributed by atoms with van der Waals surface area (Å²) in [5, 5.41) is 9.15. The number of carbonyl (C=O) groups is 2. The van der Waals surface area contributed by atoms with Gasteiger partial charge in [-0.15, -0.1) is 0 Å². The molecular weight excluding hydrogens is 184 g/mol. The third-order valence-electron chi connectivity index (χ3n) is 2.27. The molecule has 0 aromatic rings. The molecule has 0 radical (unpaired) electrons. The number of β-amino-alcohol motifs (C(OH)–C–C–N with tert-alkyl or cyclic N) is 1. The second kappa shape index (κ2) is 4.41. The lowest BCUT2D eigenvalue weighted by atomic mass is 10.3. The van der Waals surface area contributed by atoms with Crippen molar-refractivity contribution in [3.63, 3.8) is 0 Å². The zero-order valence-corrected chi connectivity index (χ0v) is 8.56. The van der Waals surface area contributed by atoms with Crippen molar-refractivity contribution < 1.29 is 14.7 Å². The summed E-state index contributed by atoms with van der Waals surface area (Å²) in [6.07, 6.45) is -0.624. The number of aliphatic hydroxyl groups is 1. The largest absolute Gasteiger partial charge is 0.392 e. The van der Waals surface area contributed by atoms with E-state index in [2.05, 4.69) is 0 Å². The van der Waals surface area contributed by atoms with E-state index in [-0.39, 0.29) is 18.2 Å². The predicted molar refractivity (Wildman–Crippen MR) is 50.5 cm³/mol. The summed E-state index contributed by atoms with van der Waals surface area (Å²) < 4.78 is 0. The van der Waals surface area contributed by atoms with Crippen molar-refractivity contribution in [3.8, 4) is 0 Å². The zero-order valence-electron chi connectivity index (χ0n) is 8.56. The van der Waals surface area contributed by atoms with Crippen molar-refractivity contribution in [1.82, 2.24) is 9.80 Å². The molecule has 1 aliphatic heterocycles. The molecule has 1 atom stereocenters. The lowest BCUT2D eigenvalue weighted by Gasteiger charge is -2.21. The molecular formula is C9H16N2O3. The van der Waals surface area contributed by atoms with Crippen molar-refractivity contribution in [3.05, 3.63) is 0 Å². The number of hydrogen-bond donors (Lipinski definition) is 1. The van der Waals surface area contributed by atoms with Crippen LogP contribution in [0.2, 0.25) is 0 Å². The maximum absolute atomic E-state index is 11.5. The van der Waals surface area contributed by atoms with E-state index in [1.165, 1.54) is 4.90 Å². The number of hydrogen-bond acceptors (Lipinski definition) is 3. The van der Waals surface area contributed by atoms with Gasteiger partial charge in [-0.3, -0.25) is 9.59 Å². The second-order valence-electron chi connectivity index (χ2n) is 3.68. The van der Waals surface area contributed by atoms with E-state index in [0.29, 0.717) is 19.6 Å². The zero-order chi connectivity index (χ0) is 10.7. The van der Waals surface area contributed by atoms with Crippen LogP contribution in [0.4, 0.5) is 0 Å². The summed E-state index contributed by atoms with van der Waals surface area (Å²) in [4.78, 5) is 25.8. The fraction of sp³-hybridized carbons (Fsp3) is 0.778. The van der Waals surface area contributed by atoms with Crippen molar-refractivity contribution in [2.45, 2.75) is 19.4 Å². The Morgan fingerprint density at radius 3 is 2.57 bits per heavy atom. The standard InChI is InChI=1S/C9H16N2O3/c1-7(12)6-11-4-3-10(2)8(13)5-9(11)14/h7,12H,3-6H2,1-2H3. The maximum Gasteiger partial charge on any atom is 0.232 e. The lowest BCUT2D eigenvalue weighted by Crippen LogP contribution is -2.37. The maximum atomic E-state index is 11.5. The van der Waals surface area contributed by atoms with Gasteiger partial charge >= 0.3 is 0 Å². The highest BCUT2D eigenvalue weighted by Crippen LogP contribution is 2.05. The Balaban J connectivity index is 2.61. The van der Waals surface area contributed by atoms with Crippen LogP contribution in [-0.4, -0.2) is 59.5 Å². The molecule has 0 aliphatic carbocycles. The Hall–Kier alpha value is -1.10. The van der Waals surface area contributed by atoms with Crippen molar-refractivity contribution in [2.24, 2.45) is 0 Å². The van der Waals surface area contributed by atoms with Gasteiger partial charge in [-0.1, -0.05) is 0 Å². The van der Waals surface area contributed by atoms with Gasteiger partial charge in [0, 0.05) is 26.7 Å². The normalized spacial score (nSPS) is 21.1. The highest BCUT2D eigenvalue weighted by atomic mass is 16.3. The van der Waals surface area contributed by atoms with Gasteiger partial charge in [0.15, 0.2) is 0 Å². The Bertz CT molecular complexity index is 240. The molecule has 1 heterocycles. The van der Waals surface area contributed by atoms with E-state index in [9.17, 15) is 9.59 Å². The molecule has 1 N–H and O–H groups in total. The minimum atomic E-state index is -0.544. The van der Waals surface area contributed by atoms with Gasteiger partial charge in [0.05, 0.1) is 6.10 Å². The monoisotopic (exact) mass is 200 g/mol. The smallest absolute Gasteiger partial charge is 0.232 e. The molecule has 1 aliphatic rings. The van der Waals surface area contributed by atoms with Gasteiger partial charge in [0.25, 0.3) is 0 Å². The van der Waals surface area contributed by atoms with Crippen LogP contribution in [0.15, 0.2) is 0 Å². The third kappa shape index (κ3) is 2.70. The molecule has 1 rings (SSSR count). The average molecular weight is 200 g/mol. The van der Waals surface area contributed by atoms with Crippen LogP contribution >= 0.6 is 0 Å². The van der Waals surface area contributed by atoms with Crippen molar-refractivity contribution in [1.29, 1.82) is 0 Å². The van der Waals surface area contributed by atoms with Gasteiger partial charge in [-0.2, -0.15) is 0 Å². The van der Waals surface area contributed by atoms with Gasteiger partial charge in [-0.25, -0.2) is 0 Å². The summed E-state index contributed by atoms with van der Waals surface area (Å²) in [6.45, 7) is 2.98. The van der Waals surface area contributed by atoms with Gasteiger partial charge in [-0.05, 0) is 6.92 Å². The van der Waals surface area contributed by atoms with Gasteiger partial charge < -0.3 is 14.9 Å². The SMILES string of the molecule is CC(O)CN1CCN(C)C(=O)CC1=O. The Labute approximate surface area is 83.3 Å². The molecule has 1 unspecified atom stereocenters. The number of aliphatic hydroxyl groups excluding tert-OH is 1. The Kier molecular flexibility index (Phi) is 3.46. The van der Waals surface area contributed by atoms with Crippen LogP contribution in [0.3, 0.4) is 0 Å². The van der Waals surface area contributed by atoms with E-state index in [0.717, 1.165) is 0 Å². The van der Waals surface area contributed by atoms with E-state index in [1.807, 2.05) is 0 Å². The molecule has 0 spiro atoms. The Morgan fingerprint density at radius 2 is 2.00 bits per heavy atom. The first-order chi connectivity index (χ1) is 6.50. The van der Waals surface area contributed by atoms with Gasteiger partial charge in [0.2, 0.25) is 11.8 Å². The summed E-state index contributed by atoms with van der Waals surface area (Å²) in [7, 11) is 1.68. The number of nitrogens with zero attached hydrogens (tertiary/aromatic N) is 2. The number of amides is 2. The molecule has 5 heteroatoms. The van der Waals surface area contributed by atoms with Gasteiger partial charge in [0.1, 0.15) is 6.42 Å². The highest BCUT2D eigenvalue weighted by Gasteiger charge is 2.24. The van der Waals surface area contributed by atoms with E-state index >= 15 is 0 Å². The number of rotatable bonds is 2. The van der Waals surface area contributed by atoms with Crippen LogP contribution in [0.1, 0.15) is 13.3 Å². The average Bonchev–Trinajstić information content (AvgIpc) is 2.18. The summed E-state index contributed by atoms with van der Waals surface area (Å²) in [6, 6.07) is 0. The molecule has 5 nitrogen and oxygen atoms in total.